The van der Waals surface area contributed by atoms with Crippen LogP contribution in [0.3, 0.4) is 0 Å². The van der Waals surface area contributed by atoms with Gasteiger partial charge in [-0.2, -0.15) is 5.10 Å². The molecule has 22 heavy (non-hydrogen) atoms. The number of carbonyl (C=O) groups is 1. The van der Waals surface area contributed by atoms with E-state index in [1.165, 1.54) is 0 Å². The fourth-order valence-corrected chi connectivity index (χ4v) is 1.91. The SMILES string of the molecule is NC(=O)NN=Cc1c(O)n(-c2ccc(Br)cc2)c(=O)[nH]c1=O. The number of aromatic nitrogens is 2. The predicted molar refractivity (Wildman–Crippen MR) is 82.3 cm³/mol. The Hall–Kier alpha value is -2.88. The zero-order valence-electron chi connectivity index (χ0n) is 10.9. The van der Waals surface area contributed by atoms with Gasteiger partial charge in [-0.3, -0.25) is 9.78 Å². The van der Waals surface area contributed by atoms with Crippen LogP contribution < -0.4 is 22.4 Å². The van der Waals surface area contributed by atoms with E-state index in [-0.39, 0.29) is 5.56 Å². The molecule has 2 amide bonds. The van der Waals surface area contributed by atoms with Crippen LogP contribution in [0.5, 0.6) is 5.88 Å². The van der Waals surface area contributed by atoms with Crippen molar-refractivity contribution in [1.82, 2.24) is 15.0 Å². The summed E-state index contributed by atoms with van der Waals surface area (Å²) in [5.41, 5.74) is 5.05. The molecule has 5 N–H and O–H groups in total. The summed E-state index contributed by atoms with van der Waals surface area (Å²) in [5, 5.41) is 13.5. The standard InChI is InChI=1S/C12H10BrN5O4/c13-6-1-3-7(4-2-6)18-10(20)8(5-15-17-11(14)21)9(19)16-12(18)22/h1-5,20H,(H3,14,17,21)(H,16,19,22). The van der Waals surface area contributed by atoms with Crippen molar-refractivity contribution in [1.29, 1.82) is 0 Å². The number of halogens is 1. The van der Waals surface area contributed by atoms with Crippen LogP contribution in [0.4, 0.5) is 4.79 Å². The number of nitrogens with zero attached hydrogens (tertiary/aromatic N) is 2. The van der Waals surface area contributed by atoms with Gasteiger partial charge < -0.3 is 10.8 Å². The van der Waals surface area contributed by atoms with E-state index in [1.807, 2.05) is 10.4 Å². The lowest BCUT2D eigenvalue weighted by Crippen LogP contribution is -2.32. The summed E-state index contributed by atoms with van der Waals surface area (Å²) in [7, 11) is 0. The van der Waals surface area contributed by atoms with Gasteiger partial charge in [-0.25, -0.2) is 19.6 Å². The zero-order chi connectivity index (χ0) is 16.3. The number of hydrazone groups is 1. The van der Waals surface area contributed by atoms with Crippen LogP contribution in [-0.2, 0) is 0 Å². The lowest BCUT2D eigenvalue weighted by atomic mass is 10.3. The van der Waals surface area contributed by atoms with Crippen molar-refractivity contribution in [2.45, 2.75) is 0 Å². The number of nitrogens with one attached hydrogen (secondary N) is 2. The molecule has 0 spiro atoms. The number of rotatable bonds is 3. The minimum Gasteiger partial charge on any atom is -0.493 e. The van der Waals surface area contributed by atoms with Crippen LogP contribution in [0.1, 0.15) is 5.56 Å². The Balaban J connectivity index is 2.58. The van der Waals surface area contributed by atoms with Crippen molar-refractivity contribution < 1.29 is 9.90 Å². The van der Waals surface area contributed by atoms with Gasteiger partial charge >= 0.3 is 11.7 Å². The molecule has 1 aromatic carbocycles. The van der Waals surface area contributed by atoms with Crippen molar-refractivity contribution in [2.24, 2.45) is 10.8 Å². The Bertz CT molecular complexity index is 853. The van der Waals surface area contributed by atoms with Gasteiger partial charge in [-0.15, -0.1) is 0 Å². The molecule has 9 nitrogen and oxygen atoms in total. The average molecular weight is 368 g/mol. The van der Waals surface area contributed by atoms with Crippen molar-refractivity contribution in [3.63, 3.8) is 0 Å². The van der Waals surface area contributed by atoms with Crippen molar-refractivity contribution in [3.05, 3.63) is 55.1 Å². The first-order valence-corrected chi connectivity index (χ1v) is 6.62. The van der Waals surface area contributed by atoms with Gasteiger partial charge in [0.2, 0.25) is 5.88 Å². The van der Waals surface area contributed by atoms with E-state index >= 15 is 0 Å². The number of benzene rings is 1. The maximum atomic E-state index is 11.9. The summed E-state index contributed by atoms with van der Waals surface area (Å²) in [6.07, 6.45) is 0.883. The zero-order valence-corrected chi connectivity index (χ0v) is 12.5. The summed E-state index contributed by atoms with van der Waals surface area (Å²) in [6.45, 7) is 0. The number of hydrogen-bond acceptors (Lipinski definition) is 5. The van der Waals surface area contributed by atoms with Crippen LogP contribution in [0, 0.1) is 0 Å². The lowest BCUT2D eigenvalue weighted by molar-refractivity contribution is 0.249. The highest BCUT2D eigenvalue weighted by Gasteiger charge is 2.14. The number of hydrogen-bond donors (Lipinski definition) is 4. The summed E-state index contributed by atoms with van der Waals surface area (Å²) in [5.74, 6) is -0.619. The van der Waals surface area contributed by atoms with Crippen LogP contribution in [-0.4, -0.2) is 26.9 Å². The van der Waals surface area contributed by atoms with Crippen LogP contribution in [0.25, 0.3) is 5.69 Å². The molecular formula is C12H10BrN5O4. The normalized spacial score (nSPS) is 10.8. The number of amides is 2. The maximum absolute atomic E-state index is 11.9. The van der Waals surface area contributed by atoms with Gasteiger partial charge in [0, 0.05) is 4.47 Å². The van der Waals surface area contributed by atoms with E-state index in [4.69, 9.17) is 5.73 Å². The Morgan fingerprint density at radius 2 is 2.00 bits per heavy atom. The van der Waals surface area contributed by atoms with Crippen molar-refractivity contribution >= 4 is 28.2 Å². The predicted octanol–water partition coefficient (Wildman–Crippen LogP) is -0.00390. The Morgan fingerprint density at radius 1 is 1.36 bits per heavy atom. The molecule has 1 aromatic heterocycles. The summed E-state index contributed by atoms with van der Waals surface area (Å²) >= 11 is 3.25. The van der Waals surface area contributed by atoms with E-state index in [0.717, 1.165) is 15.3 Å². The second kappa shape index (κ2) is 6.26. The first-order chi connectivity index (χ1) is 10.4. The smallest absolute Gasteiger partial charge is 0.335 e. The quantitative estimate of drug-likeness (QED) is 0.447. The van der Waals surface area contributed by atoms with E-state index < -0.39 is 23.2 Å². The monoisotopic (exact) mass is 367 g/mol. The van der Waals surface area contributed by atoms with Gasteiger partial charge in [0.15, 0.2) is 0 Å². The van der Waals surface area contributed by atoms with Crippen LogP contribution in [0.15, 0.2) is 43.4 Å². The molecular weight excluding hydrogens is 358 g/mol. The number of urea groups is 1. The molecule has 10 heteroatoms. The molecule has 0 saturated heterocycles. The third-order valence-corrected chi connectivity index (χ3v) is 3.10. The number of nitrogens with two attached hydrogens (primary N) is 1. The number of aromatic amines is 1. The largest absolute Gasteiger partial charge is 0.493 e. The lowest BCUT2D eigenvalue weighted by Gasteiger charge is -2.09. The van der Waals surface area contributed by atoms with Gasteiger partial charge in [0.05, 0.1) is 11.9 Å². The second-order valence-corrected chi connectivity index (χ2v) is 4.96. The highest BCUT2D eigenvalue weighted by atomic mass is 79.9. The molecule has 2 rings (SSSR count). The minimum atomic E-state index is -0.937. The average Bonchev–Trinajstić information content (AvgIpc) is 2.44. The number of primary amides is 1. The third-order valence-electron chi connectivity index (χ3n) is 2.57. The molecule has 0 aliphatic carbocycles. The second-order valence-electron chi connectivity index (χ2n) is 4.04. The van der Waals surface area contributed by atoms with Gasteiger partial charge in [0.25, 0.3) is 5.56 Å². The van der Waals surface area contributed by atoms with E-state index in [9.17, 15) is 19.5 Å². The number of carbonyl (C=O) groups excluding carboxylic acids is 1. The van der Waals surface area contributed by atoms with Crippen LogP contribution >= 0.6 is 15.9 Å². The Labute approximate surface area is 131 Å². The van der Waals surface area contributed by atoms with E-state index in [1.54, 1.807) is 24.3 Å². The Morgan fingerprint density at radius 3 is 2.59 bits per heavy atom. The molecule has 0 bridgehead atoms. The molecule has 0 unspecified atom stereocenters. The number of H-pyrrole nitrogens is 1. The fraction of sp³-hybridized carbons (Fsp3) is 0. The first-order valence-electron chi connectivity index (χ1n) is 5.83. The molecule has 0 radical (unpaired) electrons. The molecule has 1 heterocycles. The van der Waals surface area contributed by atoms with Crippen molar-refractivity contribution in [2.75, 3.05) is 0 Å². The molecule has 114 valence electrons. The van der Waals surface area contributed by atoms with Crippen molar-refractivity contribution in [3.8, 4) is 11.6 Å². The molecule has 0 aliphatic rings. The molecule has 0 atom stereocenters. The van der Waals surface area contributed by atoms with Gasteiger partial charge in [0.1, 0.15) is 5.56 Å². The van der Waals surface area contributed by atoms with Crippen LogP contribution in [0.2, 0.25) is 0 Å². The summed E-state index contributed by atoms with van der Waals surface area (Å²) < 4.78 is 1.67. The fourth-order valence-electron chi connectivity index (χ4n) is 1.65. The molecule has 0 saturated carbocycles. The van der Waals surface area contributed by atoms with Gasteiger partial charge in [-0.1, -0.05) is 15.9 Å². The molecule has 2 aromatic rings. The van der Waals surface area contributed by atoms with E-state index in [2.05, 4.69) is 21.0 Å². The molecule has 0 fully saturated rings. The summed E-state index contributed by atoms with van der Waals surface area (Å²) in [4.78, 5) is 36.2. The molecule has 0 aliphatic heterocycles. The minimum absolute atomic E-state index is 0.309. The topological polar surface area (TPSA) is 143 Å². The van der Waals surface area contributed by atoms with E-state index in [0.29, 0.717) is 5.69 Å². The number of aromatic hydroxyl groups is 1. The Kier molecular flexibility index (Phi) is 4.41. The third kappa shape index (κ3) is 3.23. The highest BCUT2D eigenvalue weighted by molar-refractivity contribution is 9.10. The summed E-state index contributed by atoms with van der Waals surface area (Å²) in [6, 6.07) is 5.51. The highest BCUT2D eigenvalue weighted by Crippen LogP contribution is 2.17. The van der Waals surface area contributed by atoms with Gasteiger partial charge in [-0.05, 0) is 24.3 Å². The maximum Gasteiger partial charge on any atom is 0.335 e. The first kappa shape index (κ1) is 15.5.